The van der Waals surface area contributed by atoms with Gasteiger partial charge in [0, 0.05) is 6.54 Å². The minimum absolute atomic E-state index is 0.0882. The summed E-state index contributed by atoms with van der Waals surface area (Å²) in [6, 6.07) is 12.7. The number of carbonyl (C=O) groups is 1. The van der Waals surface area contributed by atoms with E-state index in [-0.39, 0.29) is 5.91 Å². The van der Waals surface area contributed by atoms with Gasteiger partial charge in [-0.25, -0.2) is 0 Å². The molecule has 0 spiro atoms. The first kappa shape index (κ1) is 18.6. The third-order valence-electron chi connectivity index (χ3n) is 4.75. The van der Waals surface area contributed by atoms with Crippen LogP contribution in [0.25, 0.3) is 10.2 Å². The third kappa shape index (κ3) is 3.80. The van der Waals surface area contributed by atoms with Crippen molar-refractivity contribution < 1.29 is 4.79 Å². The summed E-state index contributed by atoms with van der Waals surface area (Å²) in [6.07, 6.45) is 0.349. The van der Waals surface area contributed by atoms with Gasteiger partial charge in [-0.2, -0.15) is 4.99 Å². The molecule has 0 fully saturated rings. The molecule has 0 N–H and O–H groups in total. The van der Waals surface area contributed by atoms with Crippen molar-refractivity contribution in [2.24, 2.45) is 4.99 Å². The second-order valence-corrected chi connectivity index (χ2v) is 8.13. The number of rotatable bonds is 4. The van der Waals surface area contributed by atoms with Gasteiger partial charge in [-0.3, -0.25) is 4.79 Å². The summed E-state index contributed by atoms with van der Waals surface area (Å²) in [5.74, 6) is 0.401. The van der Waals surface area contributed by atoms with Crippen LogP contribution in [0.4, 0.5) is 0 Å². The van der Waals surface area contributed by atoms with E-state index < -0.39 is 0 Å². The summed E-state index contributed by atoms with van der Waals surface area (Å²) >= 11 is 1.60. The van der Waals surface area contributed by atoms with Crippen LogP contribution in [0.1, 0.15) is 48.9 Å². The molecule has 4 heteroatoms. The standard InChI is InChI=1S/C22H26N2OS/c1-6-24-19-10-9-17(14(2)3)12-20(19)26-22(24)23-21(25)13-18-8-7-15(4)11-16(18)5/h7-12,14H,6,13H2,1-5H3. The molecule has 2 aromatic carbocycles. The van der Waals surface area contributed by atoms with Crippen LogP contribution in [0.15, 0.2) is 41.4 Å². The highest BCUT2D eigenvalue weighted by molar-refractivity contribution is 7.16. The number of thiazole rings is 1. The quantitative estimate of drug-likeness (QED) is 0.630. The lowest BCUT2D eigenvalue weighted by Crippen LogP contribution is -2.16. The largest absolute Gasteiger partial charge is 0.317 e. The van der Waals surface area contributed by atoms with Crippen molar-refractivity contribution in [3.8, 4) is 0 Å². The summed E-state index contributed by atoms with van der Waals surface area (Å²) in [6.45, 7) is 11.4. The van der Waals surface area contributed by atoms with E-state index in [1.54, 1.807) is 11.3 Å². The molecule has 0 aliphatic heterocycles. The lowest BCUT2D eigenvalue weighted by atomic mass is 10.0. The van der Waals surface area contributed by atoms with E-state index in [1.165, 1.54) is 15.8 Å². The molecule has 0 aliphatic rings. The maximum Gasteiger partial charge on any atom is 0.252 e. The highest BCUT2D eigenvalue weighted by atomic mass is 32.1. The van der Waals surface area contributed by atoms with E-state index in [0.29, 0.717) is 12.3 Å². The molecular formula is C22H26N2OS. The Morgan fingerprint density at radius 3 is 2.58 bits per heavy atom. The number of fused-ring (bicyclic) bond motifs is 1. The fourth-order valence-corrected chi connectivity index (χ4v) is 4.35. The normalized spacial score (nSPS) is 12.3. The lowest BCUT2D eigenvalue weighted by molar-refractivity contribution is -0.117. The van der Waals surface area contributed by atoms with Crippen molar-refractivity contribution in [2.75, 3.05) is 0 Å². The molecule has 1 amide bonds. The van der Waals surface area contributed by atoms with Crippen molar-refractivity contribution in [3.63, 3.8) is 0 Å². The molecule has 0 atom stereocenters. The van der Waals surface area contributed by atoms with Crippen molar-refractivity contribution >= 4 is 27.5 Å². The molecule has 0 aliphatic carbocycles. The Morgan fingerprint density at radius 2 is 1.92 bits per heavy atom. The smallest absolute Gasteiger partial charge is 0.252 e. The van der Waals surface area contributed by atoms with Crippen LogP contribution < -0.4 is 4.80 Å². The van der Waals surface area contributed by atoms with E-state index in [1.807, 2.05) is 6.07 Å². The predicted molar refractivity (Wildman–Crippen MR) is 110 cm³/mol. The summed E-state index contributed by atoms with van der Waals surface area (Å²) < 4.78 is 3.32. The first-order valence-corrected chi connectivity index (χ1v) is 9.97. The van der Waals surface area contributed by atoms with E-state index >= 15 is 0 Å². The van der Waals surface area contributed by atoms with Crippen LogP contribution in [0, 0.1) is 13.8 Å². The number of aromatic nitrogens is 1. The van der Waals surface area contributed by atoms with E-state index in [2.05, 4.69) is 74.5 Å². The van der Waals surface area contributed by atoms with Crippen LogP contribution in [-0.4, -0.2) is 10.5 Å². The zero-order valence-electron chi connectivity index (χ0n) is 16.2. The van der Waals surface area contributed by atoms with Crippen LogP contribution in [0.5, 0.6) is 0 Å². The second kappa shape index (κ2) is 7.58. The molecule has 3 nitrogen and oxygen atoms in total. The molecular weight excluding hydrogens is 340 g/mol. The topological polar surface area (TPSA) is 34.4 Å². The highest BCUT2D eigenvalue weighted by Gasteiger charge is 2.10. The SMILES string of the molecule is CCn1c(=NC(=O)Cc2ccc(C)cc2C)sc2cc(C(C)C)ccc21. The Labute approximate surface area is 159 Å². The van der Waals surface area contributed by atoms with Gasteiger partial charge in [0.15, 0.2) is 4.80 Å². The van der Waals surface area contributed by atoms with Gasteiger partial charge in [-0.05, 0) is 55.5 Å². The van der Waals surface area contributed by atoms with Gasteiger partial charge in [0.25, 0.3) is 5.91 Å². The van der Waals surface area contributed by atoms with Crippen molar-refractivity contribution in [1.82, 2.24) is 4.57 Å². The number of benzene rings is 2. The maximum atomic E-state index is 12.6. The minimum atomic E-state index is -0.0882. The molecule has 26 heavy (non-hydrogen) atoms. The number of aryl methyl sites for hydroxylation is 3. The summed E-state index contributed by atoms with van der Waals surface area (Å²) in [7, 11) is 0. The Hall–Kier alpha value is -2.20. The monoisotopic (exact) mass is 366 g/mol. The maximum absolute atomic E-state index is 12.6. The zero-order valence-corrected chi connectivity index (χ0v) is 17.0. The van der Waals surface area contributed by atoms with Gasteiger partial charge >= 0.3 is 0 Å². The molecule has 3 rings (SSSR count). The average molecular weight is 367 g/mol. The van der Waals surface area contributed by atoms with Gasteiger partial charge in [0.05, 0.1) is 16.6 Å². The van der Waals surface area contributed by atoms with Gasteiger partial charge in [-0.15, -0.1) is 0 Å². The Balaban J connectivity index is 1.98. The Kier molecular flexibility index (Phi) is 5.42. The third-order valence-corrected chi connectivity index (χ3v) is 5.79. The Bertz CT molecular complexity index is 1020. The van der Waals surface area contributed by atoms with Gasteiger partial charge in [0.2, 0.25) is 0 Å². The van der Waals surface area contributed by atoms with Gasteiger partial charge < -0.3 is 4.57 Å². The number of amides is 1. The zero-order chi connectivity index (χ0) is 18.8. The molecule has 0 radical (unpaired) electrons. The molecule has 0 unspecified atom stereocenters. The number of carbonyl (C=O) groups excluding carboxylic acids is 1. The first-order valence-electron chi connectivity index (χ1n) is 9.16. The average Bonchev–Trinajstić information content (AvgIpc) is 2.93. The highest BCUT2D eigenvalue weighted by Crippen LogP contribution is 2.23. The van der Waals surface area contributed by atoms with Crippen LogP contribution in [0.2, 0.25) is 0 Å². The number of hydrogen-bond acceptors (Lipinski definition) is 2. The lowest BCUT2D eigenvalue weighted by Gasteiger charge is -2.06. The predicted octanol–water partition coefficient (Wildman–Crippen LogP) is 5.13. The molecule has 0 bridgehead atoms. The molecule has 0 saturated carbocycles. The molecule has 3 aromatic rings. The first-order chi connectivity index (χ1) is 12.4. The van der Waals surface area contributed by atoms with Crippen molar-refractivity contribution in [2.45, 2.75) is 53.5 Å². The second-order valence-electron chi connectivity index (χ2n) is 7.12. The summed E-state index contributed by atoms with van der Waals surface area (Å²) in [5.41, 5.74) is 5.88. The fraction of sp³-hybridized carbons (Fsp3) is 0.364. The Morgan fingerprint density at radius 1 is 1.15 bits per heavy atom. The van der Waals surface area contributed by atoms with Crippen LogP contribution in [0.3, 0.4) is 0 Å². The van der Waals surface area contributed by atoms with Crippen molar-refractivity contribution in [3.05, 3.63) is 63.5 Å². The number of hydrogen-bond donors (Lipinski definition) is 0. The van der Waals surface area contributed by atoms with Gasteiger partial charge in [-0.1, -0.05) is 55.0 Å². The minimum Gasteiger partial charge on any atom is -0.317 e. The molecule has 0 saturated heterocycles. The number of nitrogens with zero attached hydrogens (tertiary/aromatic N) is 2. The molecule has 1 aromatic heterocycles. The molecule has 1 heterocycles. The summed E-state index contributed by atoms with van der Waals surface area (Å²) in [5, 5.41) is 0. The van der Waals surface area contributed by atoms with E-state index in [0.717, 1.165) is 28.0 Å². The van der Waals surface area contributed by atoms with E-state index in [4.69, 9.17) is 0 Å². The fourth-order valence-electron chi connectivity index (χ4n) is 3.19. The van der Waals surface area contributed by atoms with Crippen molar-refractivity contribution in [1.29, 1.82) is 0 Å². The summed E-state index contributed by atoms with van der Waals surface area (Å²) in [4.78, 5) is 17.8. The van der Waals surface area contributed by atoms with Crippen LogP contribution >= 0.6 is 11.3 Å². The van der Waals surface area contributed by atoms with Crippen LogP contribution in [-0.2, 0) is 17.8 Å². The van der Waals surface area contributed by atoms with Gasteiger partial charge in [0.1, 0.15) is 0 Å². The molecule has 136 valence electrons. The van der Waals surface area contributed by atoms with E-state index in [9.17, 15) is 4.79 Å².